The van der Waals surface area contributed by atoms with Crippen molar-refractivity contribution in [2.45, 2.75) is 17.7 Å². The molecule has 1 saturated heterocycles. The number of aryl methyl sites for hydroxylation is 1. The van der Waals surface area contributed by atoms with Gasteiger partial charge in [-0.05, 0) is 37.0 Å². The zero-order valence-electron chi connectivity index (χ0n) is 15.0. The van der Waals surface area contributed by atoms with Crippen LogP contribution >= 0.6 is 0 Å². The number of carbonyl (C=O) groups is 1. The number of nitriles is 1. The van der Waals surface area contributed by atoms with E-state index in [1.165, 1.54) is 22.6 Å². The molecule has 8 nitrogen and oxygen atoms in total. The summed E-state index contributed by atoms with van der Waals surface area (Å²) < 4.78 is 28.5. The maximum Gasteiger partial charge on any atom is 0.254 e. The average Bonchev–Trinajstić information content (AvgIpc) is 3.13. The summed E-state index contributed by atoms with van der Waals surface area (Å²) in [6, 6.07) is 8.03. The highest BCUT2D eigenvalue weighted by atomic mass is 32.2. The van der Waals surface area contributed by atoms with E-state index in [1.807, 2.05) is 6.07 Å². The van der Waals surface area contributed by atoms with Gasteiger partial charge in [-0.1, -0.05) is 6.07 Å². The molecule has 0 spiro atoms. The van der Waals surface area contributed by atoms with Crippen LogP contribution in [-0.2, 0) is 17.1 Å². The molecule has 1 aromatic carbocycles. The van der Waals surface area contributed by atoms with E-state index in [4.69, 9.17) is 5.26 Å². The van der Waals surface area contributed by atoms with E-state index in [9.17, 15) is 13.2 Å². The molecule has 1 aliphatic rings. The third kappa shape index (κ3) is 4.35. The van der Waals surface area contributed by atoms with Crippen LogP contribution in [0.15, 0.2) is 41.6 Å². The molecule has 1 N–H and O–H groups in total. The summed E-state index contributed by atoms with van der Waals surface area (Å²) in [7, 11) is -1.86. The molecule has 0 atom stereocenters. The predicted molar refractivity (Wildman–Crippen MR) is 98.2 cm³/mol. The summed E-state index contributed by atoms with van der Waals surface area (Å²) in [6.07, 6.45) is 4.51. The molecule has 0 radical (unpaired) electrons. The van der Waals surface area contributed by atoms with Gasteiger partial charge in [-0.15, -0.1) is 0 Å². The molecule has 2 heterocycles. The van der Waals surface area contributed by atoms with Crippen molar-refractivity contribution in [3.8, 4) is 6.07 Å². The second-order valence-electron chi connectivity index (χ2n) is 6.60. The van der Waals surface area contributed by atoms with Crippen molar-refractivity contribution in [1.82, 2.24) is 19.4 Å². The molecule has 1 aromatic heterocycles. The second-order valence-corrected chi connectivity index (χ2v) is 8.54. The zero-order chi connectivity index (χ0) is 19.4. The highest BCUT2D eigenvalue weighted by Gasteiger charge is 2.29. The maximum absolute atomic E-state index is 12.8. The third-order valence-electron chi connectivity index (χ3n) is 4.69. The van der Waals surface area contributed by atoms with Crippen LogP contribution in [0.4, 0.5) is 0 Å². The maximum atomic E-state index is 12.8. The van der Waals surface area contributed by atoms with E-state index in [0.29, 0.717) is 43.6 Å². The Morgan fingerprint density at radius 3 is 2.74 bits per heavy atom. The number of carbonyl (C=O) groups excluding carboxylic acids is 1. The first-order chi connectivity index (χ1) is 12.9. The molecule has 9 heteroatoms. The van der Waals surface area contributed by atoms with Crippen molar-refractivity contribution in [3.63, 3.8) is 0 Å². The van der Waals surface area contributed by atoms with Crippen molar-refractivity contribution in [1.29, 1.82) is 5.26 Å². The lowest BCUT2D eigenvalue weighted by atomic mass is 9.98. The average molecular weight is 387 g/mol. The van der Waals surface area contributed by atoms with E-state index < -0.39 is 10.0 Å². The van der Waals surface area contributed by atoms with Gasteiger partial charge in [0.15, 0.2) is 0 Å². The van der Waals surface area contributed by atoms with Gasteiger partial charge in [0.05, 0.1) is 28.3 Å². The van der Waals surface area contributed by atoms with Gasteiger partial charge in [0.25, 0.3) is 5.91 Å². The fraction of sp³-hybridized carbons (Fsp3) is 0.389. The molecule has 3 rings (SSSR count). The van der Waals surface area contributed by atoms with E-state index in [2.05, 4.69) is 10.4 Å². The Morgan fingerprint density at radius 2 is 2.11 bits per heavy atom. The number of hydrogen-bond donors (Lipinski definition) is 1. The smallest absolute Gasteiger partial charge is 0.254 e. The molecule has 0 bridgehead atoms. The summed E-state index contributed by atoms with van der Waals surface area (Å²) in [6.45, 7) is 1.30. The monoisotopic (exact) mass is 387 g/mol. The molecule has 1 aliphatic heterocycles. The van der Waals surface area contributed by atoms with Crippen LogP contribution in [-0.4, -0.2) is 48.0 Å². The van der Waals surface area contributed by atoms with Crippen molar-refractivity contribution in [2.24, 2.45) is 13.0 Å². The first kappa shape index (κ1) is 19.1. The Balaban J connectivity index is 1.55. The number of nitrogens with zero attached hydrogens (tertiary/aromatic N) is 4. The van der Waals surface area contributed by atoms with Gasteiger partial charge >= 0.3 is 0 Å². The lowest BCUT2D eigenvalue weighted by molar-refractivity contribution is 0.0941. The lowest BCUT2D eigenvalue weighted by Crippen LogP contribution is -2.41. The minimum atomic E-state index is -3.61. The normalized spacial score (nSPS) is 16.0. The summed E-state index contributed by atoms with van der Waals surface area (Å²) in [5.74, 6) is 0.0500. The minimum Gasteiger partial charge on any atom is -0.352 e. The van der Waals surface area contributed by atoms with Crippen LogP contribution in [0, 0.1) is 17.2 Å². The van der Waals surface area contributed by atoms with E-state index >= 15 is 0 Å². The minimum absolute atomic E-state index is 0.143. The van der Waals surface area contributed by atoms with Crippen molar-refractivity contribution >= 4 is 15.9 Å². The lowest BCUT2D eigenvalue weighted by Gasteiger charge is -2.31. The van der Waals surface area contributed by atoms with Crippen LogP contribution in [0.2, 0.25) is 0 Å². The summed E-state index contributed by atoms with van der Waals surface area (Å²) >= 11 is 0. The zero-order valence-corrected chi connectivity index (χ0v) is 15.8. The largest absolute Gasteiger partial charge is 0.352 e. The Bertz CT molecular complexity index is 969. The highest BCUT2D eigenvalue weighted by molar-refractivity contribution is 7.89. The van der Waals surface area contributed by atoms with Gasteiger partial charge in [-0.2, -0.15) is 14.7 Å². The third-order valence-corrected chi connectivity index (χ3v) is 6.59. The quantitative estimate of drug-likeness (QED) is 0.827. The number of sulfonamides is 1. The predicted octanol–water partition coefficient (Wildman–Crippen LogP) is 1.12. The van der Waals surface area contributed by atoms with Gasteiger partial charge in [0.2, 0.25) is 10.0 Å². The fourth-order valence-corrected chi connectivity index (χ4v) is 4.62. The first-order valence-electron chi connectivity index (χ1n) is 8.67. The first-order valence-corrected chi connectivity index (χ1v) is 10.1. The molecule has 1 amide bonds. The summed E-state index contributed by atoms with van der Waals surface area (Å²) in [4.78, 5) is 12.2. The van der Waals surface area contributed by atoms with Crippen molar-refractivity contribution in [3.05, 3.63) is 47.8 Å². The Kier molecular flexibility index (Phi) is 5.58. The molecule has 142 valence electrons. The van der Waals surface area contributed by atoms with Gasteiger partial charge in [0, 0.05) is 32.9 Å². The van der Waals surface area contributed by atoms with E-state index in [0.717, 1.165) is 0 Å². The van der Waals surface area contributed by atoms with Gasteiger partial charge in [-0.25, -0.2) is 8.42 Å². The van der Waals surface area contributed by atoms with Crippen LogP contribution in [0.1, 0.15) is 28.8 Å². The van der Waals surface area contributed by atoms with Crippen LogP contribution in [0.5, 0.6) is 0 Å². The molecule has 0 unspecified atom stereocenters. The molecule has 1 fully saturated rings. The standard InChI is InChI=1S/C18H21N5O3S/c1-22-13-16(12-21-22)18(24)20-11-14-5-7-23(8-6-14)27(25,26)17-4-2-3-15(9-17)10-19/h2-4,9,12-14H,5-8,11H2,1H3,(H,20,24). The number of nitrogens with one attached hydrogen (secondary N) is 1. The number of rotatable bonds is 5. The topological polar surface area (TPSA) is 108 Å². The molecule has 0 aliphatic carbocycles. The SMILES string of the molecule is Cn1cc(C(=O)NCC2CCN(S(=O)(=O)c3cccc(C#N)c3)CC2)cn1. The Labute approximate surface area is 158 Å². The molecular formula is C18H21N5O3S. The second kappa shape index (κ2) is 7.90. The number of aromatic nitrogens is 2. The number of hydrogen-bond acceptors (Lipinski definition) is 5. The van der Waals surface area contributed by atoms with Crippen molar-refractivity contribution < 1.29 is 13.2 Å². The molecule has 27 heavy (non-hydrogen) atoms. The van der Waals surface area contributed by atoms with E-state index in [1.54, 1.807) is 30.1 Å². The summed E-state index contributed by atoms with van der Waals surface area (Å²) in [5.41, 5.74) is 0.832. The van der Waals surface area contributed by atoms with Gasteiger partial charge in [-0.3, -0.25) is 9.48 Å². The number of amides is 1. The molecular weight excluding hydrogens is 366 g/mol. The van der Waals surface area contributed by atoms with Crippen LogP contribution < -0.4 is 5.32 Å². The molecule has 2 aromatic rings. The van der Waals surface area contributed by atoms with Gasteiger partial charge < -0.3 is 5.32 Å². The van der Waals surface area contributed by atoms with Crippen LogP contribution in [0.3, 0.4) is 0 Å². The Morgan fingerprint density at radius 1 is 1.37 bits per heavy atom. The van der Waals surface area contributed by atoms with Crippen molar-refractivity contribution in [2.75, 3.05) is 19.6 Å². The van der Waals surface area contributed by atoms with Gasteiger partial charge in [0.1, 0.15) is 0 Å². The highest BCUT2D eigenvalue weighted by Crippen LogP contribution is 2.24. The number of piperidine rings is 1. The summed E-state index contributed by atoms with van der Waals surface area (Å²) in [5, 5.41) is 15.8. The fourth-order valence-electron chi connectivity index (χ4n) is 3.11. The Hall–Kier alpha value is -2.70. The molecule has 0 saturated carbocycles. The van der Waals surface area contributed by atoms with Crippen LogP contribution in [0.25, 0.3) is 0 Å². The number of benzene rings is 1. The van der Waals surface area contributed by atoms with E-state index in [-0.39, 0.29) is 16.7 Å².